The molecule has 0 saturated heterocycles. The highest BCUT2D eigenvalue weighted by atomic mass is 19.4. The summed E-state index contributed by atoms with van der Waals surface area (Å²) in [7, 11) is 0. The third-order valence-electron chi connectivity index (χ3n) is 1.93. The van der Waals surface area contributed by atoms with Crippen LogP contribution < -0.4 is 0 Å². The number of hydrogen-bond acceptors (Lipinski definition) is 2. The smallest absolute Gasteiger partial charge is 0.394 e. The predicted octanol–water partition coefficient (Wildman–Crippen LogP) is 1.92. The molecule has 0 aliphatic heterocycles. The number of hydrogen-bond donors (Lipinski definition) is 1. The van der Waals surface area contributed by atoms with E-state index < -0.39 is 31.0 Å². The van der Waals surface area contributed by atoms with Gasteiger partial charge in [-0.05, 0) is 5.92 Å². The first kappa shape index (κ1) is 13.6. The van der Waals surface area contributed by atoms with Crippen LogP contribution in [0.1, 0.15) is 13.8 Å². The topological polar surface area (TPSA) is 29.5 Å². The highest BCUT2D eigenvalue weighted by molar-refractivity contribution is 4.90. The summed E-state index contributed by atoms with van der Waals surface area (Å²) in [6, 6.07) is 0. The molecule has 14 heavy (non-hydrogen) atoms. The first-order valence-corrected chi connectivity index (χ1v) is 4.20. The Bertz CT molecular complexity index is 169. The van der Waals surface area contributed by atoms with Gasteiger partial charge in [0.05, 0.1) is 19.8 Å². The van der Waals surface area contributed by atoms with E-state index in [2.05, 4.69) is 4.74 Å². The molecule has 0 aromatic rings. The van der Waals surface area contributed by atoms with Crippen molar-refractivity contribution in [3.8, 4) is 0 Å². The maximum absolute atomic E-state index is 13.4. The van der Waals surface area contributed by atoms with E-state index in [0.717, 1.165) is 13.8 Å². The molecular formula is C8H14F4O2. The molecule has 0 heterocycles. The monoisotopic (exact) mass is 218 g/mol. The van der Waals surface area contributed by atoms with E-state index in [0.29, 0.717) is 0 Å². The summed E-state index contributed by atoms with van der Waals surface area (Å²) in [5, 5.41) is 8.28. The van der Waals surface area contributed by atoms with Crippen molar-refractivity contribution in [2.45, 2.75) is 25.7 Å². The van der Waals surface area contributed by atoms with Crippen molar-refractivity contribution >= 4 is 0 Å². The first-order valence-electron chi connectivity index (χ1n) is 4.20. The fourth-order valence-electron chi connectivity index (χ4n) is 0.861. The van der Waals surface area contributed by atoms with E-state index in [1.165, 1.54) is 0 Å². The molecule has 0 radical (unpaired) electrons. The normalized spacial score (nSPS) is 17.1. The summed E-state index contributed by atoms with van der Waals surface area (Å²) in [5.74, 6) is -1.22. The van der Waals surface area contributed by atoms with Crippen LogP contribution in [0.3, 0.4) is 0 Å². The van der Waals surface area contributed by atoms with Crippen molar-refractivity contribution in [3.63, 3.8) is 0 Å². The van der Waals surface area contributed by atoms with Crippen LogP contribution in [0.15, 0.2) is 0 Å². The molecule has 0 rings (SSSR count). The number of aliphatic hydroxyl groups excluding tert-OH is 1. The van der Waals surface area contributed by atoms with Crippen molar-refractivity contribution < 1.29 is 27.4 Å². The maximum atomic E-state index is 13.4. The lowest BCUT2D eigenvalue weighted by Gasteiger charge is -2.31. The Hall–Kier alpha value is -0.360. The minimum atomic E-state index is -4.95. The van der Waals surface area contributed by atoms with Crippen LogP contribution in [-0.4, -0.2) is 36.8 Å². The van der Waals surface area contributed by atoms with E-state index in [9.17, 15) is 17.6 Å². The summed E-state index contributed by atoms with van der Waals surface area (Å²) in [5.41, 5.74) is -3.35. The van der Waals surface area contributed by atoms with Gasteiger partial charge >= 0.3 is 6.18 Å². The number of alkyl halides is 4. The Kier molecular flexibility index (Phi) is 4.80. The van der Waals surface area contributed by atoms with E-state index in [1.807, 2.05) is 0 Å². The standard InChI is InChI=1S/C8H14F4O2/c1-6(2)7(9,8(10,11)12)5-14-4-3-13/h6,13H,3-5H2,1-2H3. The molecule has 0 aromatic heterocycles. The molecule has 1 N–H and O–H groups in total. The van der Waals surface area contributed by atoms with Crippen molar-refractivity contribution in [1.82, 2.24) is 0 Å². The average molecular weight is 218 g/mol. The SMILES string of the molecule is CC(C)C(F)(COCCO)C(F)(F)F. The highest BCUT2D eigenvalue weighted by Gasteiger charge is 2.58. The van der Waals surface area contributed by atoms with Gasteiger partial charge in [-0.25, -0.2) is 4.39 Å². The summed E-state index contributed by atoms with van der Waals surface area (Å²) in [6.07, 6.45) is -4.95. The van der Waals surface area contributed by atoms with Gasteiger partial charge in [0.1, 0.15) is 0 Å². The first-order chi connectivity index (χ1) is 6.25. The molecule has 86 valence electrons. The van der Waals surface area contributed by atoms with Crippen LogP contribution in [-0.2, 0) is 4.74 Å². The minimum Gasteiger partial charge on any atom is -0.394 e. The van der Waals surface area contributed by atoms with Crippen LogP contribution in [0.5, 0.6) is 0 Å². The fourth-order valence-corrected chi connectivity index (χ4v) is 0.861. The predicted molar refractivity (Wildman–Crippen MR) is 42.6 cm³/mol. The number of aliphatic hydroxyl groups is 1. The molecule has 0 spiro atoms. The summed E-state index contributed by atoms with van der Waals surface area (Å²) >= 11 is 0. The molecule has 1 unspecified atom stereocenters. The molecule has 0 bridgehead atoms. The van der Waals surface area contributed by atoms with Gasteiger partial charge in [-0.15, -0.1) is 0 Å². The highest BCUT2D eigenvalue weighted by Crippen LogP contribution is 2.39. The zero-order valence-electron chi connectivity index (χ0n) is 8.07. The molecule has 0 saturated carbocycles. The molecule has 0 aliphatic rings. The van der Waals surface area contributed by atoms with Crippen LogP contribution in [0.4, 0.5) is 17.6 Å². The molecule has 0 amide bonds. The zero-order valence-corrected chi connectivity index (χ0v) is 8.07. The van der Waals surface area contributed by atoms with Gasteiger partial charge in [0.2, 0.25) is 5.67 Å². The third-order valence-corrected chi connectivity index (χ3v) is 1.93. The van der Waals surface area contributed by atoms with Crippen LogP contribution in [0.2, 0.25) is 0 Å². The fraction of sp³-hybridized carbons (Fsp3) is 1.00. The third kappa shape index (κ3) is 3.09. The Labute approximate surface area is 79.9 Å². The molecule has 0 fully saturated rings. The Morgan fingerprint density at radius 1 is 1.21 bits per heavy atom. The van der Waals surface area contributed by atoms with Gasteiger partial charge in [0, 0.05) is 0 Å². The Morgan fingerprint density at radius 3 is 2.00 bits per heavy atom. The summed E-state index contributed by atoms with van der Waals surface area (Å²) < 4.78 is 54.6. The largest absolute Gasteiger partial charge is 0.425 e. The number of halogens is 4. The second-order valence-corrected chi connectivity index (χ2v) is 3.29. The molecule has 1 atom stereocenters. The maximum Gasteiger partial charge on any atom is 0.425 e. The van der Waals surface area contributed by atoms with Crippen molar-refractivity contribution in [2.24, 2.45) is 5.92 Å². The van der Waals surface area contributed by atoms with Gasteiger partial charge in [0.25, 0.3) is 0 Å². The van der Waals surface area contributed by atoms with Gasteiger partial charge in [-0.1, -0.05) is 13.8 Å². The Morgan fingerprint density at radius 2 is 1.71 bits per heavy atom. The molecule has 6 heteroatoms. The summed E-state index contributed by atoms with van der Waals surface area (Å²) in [4.78, 5) is 0. The minimum absolute atomic E-state index is 0.297. The van der Waals surface area contributed by atoms with Crippen molar-refractivity contribution in [3.05, 3.63) is 0 Å². The molecule has 0 aromatic carbocycles. The Balaban J connectivity index is 4.42. The lowest BCUT2D eigenvalue weighted by Crippen LogP contribution is -2.49. The van der Waals surface area contributed by atoms with Gasteiger partial charge in [-0.3, -0.25) is 0 Å². The van der Waals surface area contributed by atoms with Crippen molar-refractivity contribution in [2.75, 3.05) is 19.8 Å². The van der Waals surface area contributed by atoms with Gasteiger partial charge in [0.15, 0.2) is 0 Å². The van der Waals surface area contributed by atoms with E-state index in [1.54, 1.807) is 0 Å². The van der Waals surface area contributed by atoms with Crippen molar-refractivity contribution in [1.29, 1.82) is 0 Å². The van der Waals surface area contributed by atoms with Gasteiger partial charge < -0.3 is 9.84 Å². The lowest BCUT2D eigenvalue weighted by atomic mass is 9.92. The molecule has 2 nitrogen and oxygen atoms in total. The lowest BCUT2D eigenvalue weighted by molar-refractivity contribution is -0.260. The number of ether oxygens (including phenoxy) is 1. The van der Waals surface area contributed by atoms with Crippen LogP contribution in [0.25, 0.3) is 0 Å². The molecular weight excluding hydrogens is 204 g/mol. The quantitative estimate of drug-likeness (QED) is 0.564. The second-order valence-electron chi connectivity index (χ2n) is 3.29. The average Bonchev–Trinajstić information content (AvgIpc) is 2.02. The van der Waals surface area contributed by atoms with E-state index in [-0.39, 0.29) is 6.61 Å². The second kappa shape index (κ2) is 4.93. The van der Waals surface area contributed by atoms with Crippen LogP contribution in [0, 0.1) is 5.92 Å². The van der Waals surface area contributed by atoms with Gasteiger partial charge in [-0.2, -0.15) is 13.2 Å². The van der Waals surface area contributed by atoms with E-state index >= 15 is 0 Å². The van der Waals surface area contributed by atoms with E-state index in [4.69, 9.17) is 5.11 Å². The van der Waals surface area contributed by atoms with Crippen LogP contribution >= 0.6 is 0 Å². The summed E-state index contributed by atoms with van der Waals surface area (Å²) in [6.45, 7) is 0.473. The number of rotatable bonds is 5. The molecule has 0 aliphatic carbocycles. The zero-order chi connectivity index (χ0) is 11.4.